The van der Waals surface area contributed by atoms with Crippen LogP contribution in [0.1, 0.15) is 5.56 Å². The van der Waals surface area contributed by atoms with Crippen LogP contribution in [0, 0.1) is 0 Å². The smallest absolute Gasteiger partial charge is 0.397 e. The van der Waals surface area contributed by atoms with Gasteiger partial charge >= 0.3 is 6.18 Å². The standard InChI is InChI=1S/C12H8ClF3N2/c13-10-4-2-1-3-8(10)11-9(12(14,15)16)5-7(17)6-18-11/h1-6H,17H2. The minimum atomic E-state index is -4.53. The van der Waals surface area contributed by atoms with Crippen molar-refractivity contribution < 1.29 is 13.2 Å². The number of benzene rings is 1. The van der Waals surface area contributed by atoms with Crippen molar-refractivity contribution in [1.82, 2.24) is 4.98 Å². The van der Waals surface area contributed by atoms with Crippen LogP contribution >= 0.6 is 11.6 Å². The molecule has 0 bridgehead atoms. The van der Waals surface area contributed by atoms with E-state index < -0.39 is 11.7 Å². The molecule has 2 N–H and O–H groups in total. The summed E-state index contributed by atoms with van der Waals surface area (Å²) in [6.07, 6.45) is -3.36. The number of aromatic nitrogens is 1. The van der Waals surface area contributed by atoms with Crippen molar-refractivity contribution in [2.45, 2.75) is 6.18 Å². The van der Waals surface area contributed by atoms with Gasteiger partial charge in [-0.25, -0.2) is 0 Å². The lowest BCUT2D eigenvalue weighted by Gasteiger charge is -2.13. The number of hydrogen-bond donors (Lipinski definition) is 1. The van der Waals surface area contributed by atoms with Crippen molar-refractivity contribution in [3.05, 3.63) is 47.1 Å². The third-order valence-corrected chi connectivity index (χ3v) is 2.67. The summed E-state index contributed by atoms with van der Waals surface area (Å²) in [4.78, 5) is 3.75. The summed E-state index contributed by atoms with van der Waals surface area (Å²) in [5, 5.41) is 0.209. The maximum absolute atomic E-state index is 12.9. The maximum Gasteiger partial charge on any atom is 0.418 e. The molecule has 2 rings (SSSR count). The molecule has 0 aliphatic heterocycles. The third kappa shape index (κ3) is 2.41. The molecule has 18 heavy (non-hydrogen) atoms. The minimum Gasteiger partial charge on any atom is -0.397 e. The van der Waals surface area contributed by atoms with Crippen LogP contribution in [-0.2, 0) is 6.18 Å². The first-order valence-electron chi connectivity index (χ1n) is 4.97. The SMILES string of the molecule is Nc1cnc(-c2ccccc2Cl)c(C(F)(F)F)c1. The van der Waals surface area contributed by atoms with Crippen molar-refractivity contribution >= 4 is 17.3 Å². The van der Waals surface area contributed by atoms with E-state index in [1.165, 1.54) is 18.3 Å². The molecule has 0 fully saturated rings. The molecule has 2 aromatic rings. The third-order valence-electron chi connectivity index (χ3n) is 2.34. The Morgan fingerprint density at radius 2 is 1.83 bits per heavy atom. The van der Waals surface area contributed by atoms with E-state index in [2.05, 4.69) is 4.98 Å². The van der Waals surface area contributed by atoms with Crippen LogP contribution in [0.15, 0.2) is 36.5 Å². The van der Waals surface area contributed by atoms with Gasteiger partial charge in [0.25, 0.3) is 0 Å². The number of anilines is 1. The summed E-state index contributed by atoms with van der Waals surface area (Å²) >= 11 is 5.88. The zero-order valence-corrected chi connectivity index (χ0v) is 9.76. The Morgan fingerprint density at radius 1 is 1.17 bits per heavy atom. The fourth-order valence-corrected chi connectivity index (χ4v) is 1.79. The minimum absolute atomic E-state index is 0.0434. The van der Waals surface area contributed by atoms with Crippen LogP contribution in [0.5, 0.6) is 0 Å². The topological polar surface area (TPSA) is 38.9 Å². The van der Waals surface area contributed by atoms with Crippen LogP contribution in [-0.4, -0.2) is 4.98 Å². The van der Waals surface area contributed by atoms with E-state index in [-0.39, 0.29) is 22.0 Å². The normalized spacial score (nSPS) is 11.6. The van der Waals surface area contributed by atoms with E-state index in [1.54, 1.807) is 12.1 Å². The first kappa shape index (κ1) is 12.7. The van der Waals surface area contributed by atoms with Crippen LogP contribution in [0.3, 0.4) is 0 Å². The van der Waals surface area contributed by atoms with E-state index >= 15 is 0 Å². The van der Waals surface area contributed by atoms with Gasteiger partial charge in [-0.15, -0.1) is 0 Å². The summed E-state index contributed by atoms with van der Waals surface area (Å²) in [5.41, 5.74) is 4.42. The van der Waals surface area contributed by atoms with Gasteiger partial charge < -0.3 is 5.73 Å². The number of rotatable bonds is 1. The summed E-state index contributed by atoms with van der Waals surface area (Å²) in [6.45, 7) is 0. The molecular weight excluding hydrogens is 265 g/mol. The molecule has 0 saturated carbocycles. The molecule has 0 atom stereocenters. The Kier molecular flexibility index (Phi) is 3.17. The quantitative estimate of drug-likeness (QED) is 0.852. The zero-order chi connectivity index (χ0) is 13.3. The summed E-state index contributed by atoms with van der Waals surface area (Å²) < 4.78 is 38.7. The molecule has 1 aromatic heterocycles. The van der Waals surface area contributed by atoms with Crippen LogP contribution < -0.4 is 5.73 Å². The predicted molar refractivity (Wildman–Crippen MR) is 64.1 cm³/mol. The second-order valence-electron chi connectivity index (χ2n) is 3.64. The van der Waals surface area contributed by atoms with Crippen molar-refractivity contribution in [1.29, 1.82) is 0 Å². The lowest BCUT2D eigenvalue weighted by molar-refractivity contribution is -0.137. The molecule has 0 aliphatic rings. The zero-order valence-electron chi connectivity index (χ0n) is 9.00. The van der Waals surface area contributed by atoms with E-state index in [9.17, 15) is 13.2 Å². The second-order valence-corrected chi connectivity index (χ2v) is 4.05. The Hall–Kier alpha value is -1.75. The van der Waals surface area contributed by atoms with Gasteiger partial charge in [-0.1, -0.05) is 29.8 Å². The lowest BCUT2D eigenvalue weighted by Crippen LogP contribution is -2.09. The van der Waals surface area contributed by atoms with E-state index in [0.29, 0.717) is 0 Å². The summed E-state index contributed by atoms with van der Waals surface area (Å²) in [6, 6.07) is 7.08. The highest BCUT2D eigenvalue weighted by atomic mass is 35.5. The number of hydrogen-bond acceptors (Lipinski definition) is 2. The predicted octanol–water partition coefficient (Wildman–Crippen LogP) is 4.00. The Balaban J connectivity index is 2.69. The number of halogens is 4. The van der Waals surface area contributed by atoms with Gasteiger partial charge in [0, 0.05) is 10.6 Å². The molecule has 2 nitrogen and oxygen atoms in total. The largest absolute Gasteiger partial charge is 0.418 e. The molecule has 0 amide bonds. The van der Waals surface area contributed by atoms with Gasteiger partial charge in [0.15, 0.2) is 0 Å². The van der Waals surface area contributed by atoms with Crippen LogP contribution in [0.4, 0.5) is 18.9 Å². The van der Waals surface area contributed by atoms with Gasteiger partial charge in [0.2, 0.25) is 0 Å². The van der Waals surface area contributed by atoms with Crippen molar-refractivity contribution in [3.63, 3.8) is 0 Å². The number of nitrogen functional groups attached to an aromatic ring is 1. The molecule has 0 spiro atoms. The van der Waals surface area contributed by atoms with Crippen molar-refractivity contribution in [2.75, 3.05) is 5.73 Å². The van der Waals surface area contributed by atoms with Crippen molar-refractivity contribution in [2.24, 2.45) is 0 Å². The van der Waals surface area contributed by atoms with E-state index in [1.807, 2.05) is 0 Å². The maximum atomic E-state index is 12.9. The van der Waals surface area contributed by atoms with Crippen LogP contribution in [0.2, 0.25) is 5.02 Å². The average Bonchev–Trinajstić information content (AvgIpc) is 2.29. The molecular formula is C12H8ClF3N2. The monoisotopic (exact) mass is 272 g/mol. The number of nitrogens with two attached hydrogens (primary N) is 1. The Labute approximate surface area is 106 Å². The molecule has 1 heterocycles. The lowest BCUT2D eigenvalue weighted by atomic mass is 10.1. The molecule has 0 aliphatic carbocycles. The molecule has 94 valence electrons. The Morgan fingerprint density at radius 3 is 2.44 bits per heavy atom. The fourth-order valence-electron chi connectivity index (χ4n) is 1.56. The summed E-state index contributed by atoms with van der Waals surface area (Å²) in [7, 11) is 0. The number of pyridine rings is 1. The van der Waals surface area contributed by atoms with Crippen LogP contribution in [0.25, 0.3) is 11.3 Å². The highest BCUT2D eigenvalue weighted by Gasteiger charge is 2.35. The summed E-state index contributed by atoms with van der Waals surface area (Å²) in [5.74, 6) is 0. The second kappa shape index (κ2) is 4.49. The van der Waals surface area contributed by atoms with Crippen molar-refractivity contribution in [3.8, 4) is 11.3 Å². The number of nitrogens with zero attached hydrogens (tertiary/aromatic N) is 1. The molecule has 0 radical (unpaired) electrons. The Bertz CT molecular complexity index is 582. The first-order chi connectivity index (χ1) is 8.39. The molecule has 1 aromatic carbocycles. The van der Waals surface area contributed by atoms with Gasteiger partial charge in [0.1, 0.15) is 0 Å². The first-order valence-corrected chi connectivity index (χ1v) is 5.35. The van der Waals surface area contributed by atoms with Gasteiger partial charge in [0.05, 0.1) is 23.1 Å². The van der Waals surface area contributed by atoms with Gasteiger partial charge in [-0.05, 0) is 12.1 Å². The highest BCUT2D eigenvalue weighted by Crippen LogP contribution is 2.38. The molecule has 0 unspecified atom stereocenters. The number of alkyl halides is 3. The molecule has 0 saturated heterocycles. The van der Waals surface area contributed by atoms with Gasteiger partial charge in [-0.2, -0.15) is 13.2 Å². The van der Waals surface area contributed by atoms with E-state index in [0.717, 1.165) is 6.07 Å². The average molecular weight is 273 g/mol. The van der Waals surface area contributed by atoms with E-state index in [4.69, 9.17) is 17.3 Å². The molecule has 6 heteroatoms. The fraction of sp³-hybridized carbons (Fsp3) is 0.0833. The van der Waals surface area contributed by atoms with Gasteiger partial charge in [-0.3, -0.25) is 4.98 Å². The highest BCUT2D eigenvalue weighted by molar-refractivity contribution is 6.33.